The molecule has 0 amide bonds. The summed E-state index contributed by atoms with van der Waals surface area (Å²) in [6.45, 7) is 1.05. The second-order valence-electron chi connectivity index (χ2n) is 5.42. The lowest BCUT2D eigenvalue weighted by molar-refractivity contribution is 0.344. The van der Waals surface area contributed by atoms with Gasteiger partial charge in [0.2, 0.25) is 0 Å². The monoisotopic (exact) mass is 234 g/mol. The van der Waals surface area contributed by atoms with E-state index < -0.39 is 0 Å². The van der Waals surface area contributed by atoms with Crippen LogP contribution in [-0.4, -0.2) is 27.4 Å². The fourth-order valence-corrected chi connectivity index (χ4v) is 2.79. The van der Waals surface area contributed by atoms with Gasteiger partial charge in [0.25, 0.3) is 0 Å². The summed E-state index contributed by atoms with van der Waals surface area (Å²) in [5.41, 5.74) is 0. The molecule has 4 heteroatoms. The average Bonchev–Trinajstić information content (AvgIpc) is 3.07. The molecule has 4 nitrogen and oxygen atoms in total. The molecular weight excluding hydrogens is 212 g/mol. The number of hydrogen-bond donors (Lipinski definition) is 1. The van der Waals surface area contributed by atoms with Crippen molar-refractivity contribution in [2.24, 2.45) is 0 Å². The Morgan fingerprint density at radius 1 is 1.18 bits per heavy atom. The fourth-order valence-electron chi connectivity index (χ4n) is 2.79. The van der Waals surface area contributed by atoms with Gasteiger partial charge in [0.15, 0.2) is 0 Å². The van der Waals surface area contributed by atoms with Gasteiger partial charge in [-0.05, 0) is 25.7 Å². The van der Waals surface area contributed by atoms with Crippen LogP contribution in [0.2, 0.25) is 0 Å². The molecule has 17 heavy (non-hydrogen) atoms. The van der Waals surface area contributed by atoms with Gasteiger partial charge in [0, 0.05) is 25.0 Å². The van der Waals surface area contributed by atoms with Gasteiger partial charge in [-0.25, -0.2) is 0 Å². The van der Waals surface area contributed by atoms with Crippen molar-refractivity contribution >= 4 is 0 Å². The predicted molar refractivity (Wildman–Crippen MR) is 66.9 cm³/mol. The Balaban J connectivity index is 1.57. The van der Waals surface area contributed by atoms with Crippen LogP contribution in [0.1, 0.15) is 56.8 Å². The van der Waals surface area contributed by atoms with Crippen LogP contribution in [0.25, 0.3) is 0 Å². The minimum absolute atomic E-state index is 0.662. The molecule has 1 aromatic heterocycles. The molecule has 3 rings (SSSR count). The Morgan fingerprint density at radius 3 is 2.76 bits per heavy atom. The topological polar surface area (TPSA) is 42.7 Å². The Labute approximate surface area is 103 Å². The SMILES string of the molecule is c1nnc(CCNC2CC2)n1C1CCCCC1. The van der Waals surface area contributed by atoms with Gasteiger partial charge in [-0.2, -0.15) is 0 Å². The van der Waals surface area contributed by atoms with Crippen molar-refractivity contribution in [1.82, 2.24) is 20.1 Å². The van der Waals surface area contributed by atoms with Crippen LogP contribution in [0.5, 0.6) is 0 Å². The molecule has 94 valence electrons. The molecule has 0 aliphatic heterocycles. The molecule has 1 heterocycles. The second kappa shape index (κ2) is 5.17. The molecule has 2 aliphatic rings. The fraction of sp³-hybridized carbons (Fsp3) is 0.846. The molecule has 0 saturated heterocycles. The van der Waals surface area contributed by atoms with Crippen molar-refractivity contribution in [2.75, 3.05) is 6.54 Å². The van der Waals surface area contributed by atoms with Crippen LogP contribution in [0, 0.1) is 0 Å². The van der Waals surface area contributed by atoms with Crippen LogP contribution in [0.4, 0.5) is 0 Å². The predicted octanol–water partition coefficient (Wildman–Crippen LogP) is 2.08. The number of hydrogen-bond acceptors (Lipinski definition) is 3. The molecule has 2 saturated carbocycles. The first-order chi connectivity index (χ1) is 8.43. The number of nitrogens with one attached hydrogen (secondary N) is 1. The van der Waals surface area contributed by atoms with Crippen molar-refractivity contribution < 1.29 is 0 Å². The number of nitrogens with zero attached hydrogens (tertiary/aromatic N) is 3. The van der Waals surface area contributed by atoms with E-state index in [0.717, 1.165) is 19.0 Å². The maximum absolute atomic E-state index is 4.28. The highest BCUT2D eigenvalue weighted by Gasteiger charge is 2.21. The van der Waals surface area contributed by atoms with E-state index in [1.807, 2.05) is 6.33 Å². The van der Waals surface area contributed by atoms with E-state index in [-0.39, 0.29) is 0 Å². The third kappa shape index (κ3) is 2.86. The van der Waals surface area contributed by atoms with E-state index in [1.54, 1.807) is 0 Å². The van der Waals surface area contributed by atoms with Crippen LogP contribution in [-0.2, 0) is 6.42 Å². The van der Waals surface area contributed by atoms with Crippen LogP contribution in [0.3, 0.4) is 0 Å². The molecule has 0 bridgehead atoms. The Hall–Kier alpha value is -0.900. The first kappa shape index (κ1) is 11.2. The van der Waals surface area contributed by atoms with Crippen molar-refractivity contribution in [3.8, 4) is 0 Å². The van der Waals surface area contributed by atoms with Gasteiger partial charge in [0.05, 0.1) is 0 Å². The minimum atomic E-state index is 0.662. The van der Waals surface area contributed by atoms with Crippen molar-refractivity contribution in [3.63, 3.8) is 0 Å². The van der Waals surface area contributed by atoms with Crippen molar-refractivity contribution in [3.05, 3.63) is 12.2 Å². The summed E-state index contributed by atoms with van der Waals surface area (Å²) in [5.74, 6) is 1.17. The Morgan fingerprint density at radius 2 is 2.00 bits per heavy atom. The zero-order valence-electron chi connectivity index (χ0n) is 10.4. The summed E-state index contributed by atoms with van der Waals surface area (Å²) < 4.78 is 2.33. The molecule has 2 fully saturated rings. The van der Waals surface area contributed by atoms with Crippen LogP contribution >= 0.6 is 0 Å². The summed E-state index contributed by atoms with van der Waals surface area (Å²) in [7, 11) is 0. The minimum Gasteiger partial charge on any atom is -0.314 e. The van der Waals surface area contributed by atoms with Crippen LogP contribution in [0.15, 0.2) is 6.33 Å². The Bertz CT molecular complexity index is 350. The first-order valence-electron chi connectivity index (χ1n) is 7.05. The number of aromatic nitrogens is 3. The molecule has 0 aromatic carbocycles. The lowest BCUT2D eigenvalue weighted by atomic mass is 9.95. The van der Waals surface area contributed by atoms with E-state index >= 15 is 0 Å². The van der Waals surface area contributed by atoms with Gasteiger partial charge in [-0.3, -0.25) is 0 Å². The quantitative estimate of drug-likeness (QED) is 0.848. The van der Waals surface area contributed by atoms with Gasteiger partial charge in [0.1, 0.15) is 12.2 Å². The summed E-state index contributed by atoms with van der Waals surface area (Å²) >= 11 is 0. The molecular formula is C13H22N4. The highest BCUT2D eigenvalue weighted by atomic mass is 15.3. The van der Waals surface area contributed by atoms with E-state index in [9.17, 15) is 0 Å². The number of rotatable bonds is 5. The standard InChI is InChI=1S/C13H22N4/c1-2-4-12(5-3-1)17-10-15-16-13(17)8-9-14-11-6-7-11/h10-12,14H,1-9H2. The summed E-state index contributed by atoms with van der Waals surface area (Å²) in [4.78, 5) is 0. The summed E-state index contributed by atoms with van der Waals surface area (Å²) in [6.07, 6.45) is 12.4. The van der Waals surface area contributed by atoms with Gasteiger partial charge >= 0.3 is 0 Å². The summed E-state index contributed by atoms with van der Waals surface area (Å²) in [5, 5.41) is 11.9. The van der Waals surface area contributed by atoms with Crippen molar-refractivity contribution in [1.29, 1.82) is 0 Å². The second-order valence-corrected chi connectivity index (χ2v) is 5.42. The van der Waals surface area contributed by atoms with E-state index in [2.05, 4.69) is 20.1 Å². The first-order valence-corrected chi connectivity index (χ1v) is 7.05. The van der Waals surface area contributed by atoms with Gasteiger partial charge in [-0.1, -0.05) is 19.3 Å². The van der Waals surface area contributed by atoms with Crippen LogP contribution < -0.4 is 5.32 Å². The van der Waals surface area contributed by atoms with Gasteiger partial charge in [-0.15, -0.1) is 10.2 Å². The van der Waals surface area contributed by atoms with Gasteiger partial charge < -0.3 is 9.88 Å². The zero-order valence-corrected chi connectivity index (χ0v) is 10.4. The Kier molecular flexibility index (Phi) is 3.41. The highest BCUT2D eigenvalue weighted by molar-refractivity contribution is 4.92. The lowest BCUT2D eigenvalue weighted by Gasteiger charge is -2.24. The van der Waals surface area contributed by atoms with E-state index in [1.165, 1.54) is 50.8 Å². The molecule has 1 aromatic rings. The lowest BCUT2D eigenvalue weighted by Crippen LogP contribution is -2.22. The van der Waals surface area contributed by atoms with E-state index in [4.69, 9.17) is 0 Å². The molecule has 0 atom stereocenters. The maximum Gasteiger partial charge on any atom is 0.134 e. The smallest absolute Gasteiger partial charge is 0.134 e. The molecule has 2 aliphatic carbocycles. The largest absolute Gasteiger partial charge is 0.314 e. The molecule has 0 unspecified atom stereocenters. The molecule has 0 spiro atoms. The highest BCUT2D eigenvalue weighted by Crippen LogP contribution is 2.28. The zero-order chi connectivity index (χ0) is 11.5. The maximum atomic E-state index is 4.28. The third-order valence-electron chi connectivity index (χ3n) is 3.97. The van der Waals surface area contributed by atoms with Crippen molar-refractivity contribution in [2.45, 2.75) is 63.5 Å². The average molecular weight is 234 g/mol. The van der Waals surface area contributed by atoms with E-state index in [0.29, 0.717) is 6.04 Å². The third-order valence-corrected chi connectivity index (χ3v) is 3.97. The molecule has 0 radical (unpaired) electrons. The molecule has 1 N–H and O–H groups in total. The normalized spacial score (nSPS) is 21.9. The summed E-state index contributed by atoms with van der Waals surface area (Å²) in [6, 6.07) is 1.45.